The third kappa shape index (κ3) is 4.17. The molecule has 0 aromatic heterocycles. The molecule has 2 heterocycles. The van der Waals surface area contributed by atoms with Gasteiger partial charge in [-0.1, -0.05) is 18.7 Å². The molecule has 2 amide bonds. The van der Waals surface area contributed by atoms with Gasteiger partial charge in [-0.2, -0.15) is 0 Å². The third-order valence-electron chi connectivity index (χ3n) is 4.81. The van der Waals surface area contributed by atoms with E-state index in [0.717, 1.165) is 0 Å². The van der Waals surface area contributed by atoms with Gasteiger partial charge < -0.3 is 14.5 Å². The van der Waals surface area contributed by atoms with Crippen molar-refractivity contribution in [2.45, 2.75) is 12.8 Å². The van der Waals surface area contributed by atoms with Crippen molar-refractivity contribution in [2.75, 3.05) is 26.2 Å². The fourth-order valence-electron chi connectivity index (χ4n) is 3.64. The molecular formula is C18H19F3N2O3. The molecule has 5 nitrogen and oxygen atoms in total. The van der Waals surface area contributed by atoms with Crippen molar-refractivity contribution < 1.29 is 27.5 Å². The van der Waals surface area contributed by atoms with Crippen LogP contribution in [0.2, 0.25) is 0 Å². The Morgan fingerprint density at radius 1 is 1.15 bits per heavy atom. The van der Waals surface area contributed by atoms with Crippen LogP contribution in [-0.2, 0) is 16.0 Å². The minimum absolute atomic E-state index is 0.0177. The Morgan fingerprint density at radius 3 is 2.35 bits per heavy atom. The zero-order valence-corrected chi connectivity index (χ0v) is 14.0. The summed E-state index contributed by atoms with van der Waals surface area (Å²) in [4.78, 5) is 27.6. The lowest BCUT2D eigenvalue weighted by atomic mass is 10.0. The van der Waals surface area contributed by atoms with Crippen molar-refractivity contribution in [1.29, 1.82) is 0 Å². The van der Waals surface area contributed by atoms with Crippen molar-refractivity contribution in [2.24, 2.45) is 11.8 Å². The minimum atomic E-state index is -4.76. The van der Waals surface area contributed by atoms with E-state index in [9.17, 15) is 22.8 Å². The predicted molar refractivity (Wildman–Crippen MR) is 87.2 cm³/mol. The molecule has 2 saturated heterocycles. The highest BCUT2D eigenvalue weighted by atomic mass is 19.4. The lowest BCUT2D eigenvalue weighted by Crippen LogP contribution is -2.35. The van der Waals surface area contributed by atoms with Crippen LogP contribution in [0.1, 0.15) is 5.56 Å². The summed E-state index contributed by atoms with van der Waals surface area (Å²) in [6.45, 7) is 5.81. The number of fused-ring (bicyclic) bond motifs is 1. The van der Waals surface area contributed by atoms with Gasteiger partial charge in [0.05, 0.1) is 6.42 Å². The number of carbonyl (C=O) groups is 2. The number of likely N-dealkylation sites (tertiary alicyclic amines) is 2. The molecule has 1 aromatic rings. The first-order valence-electron chi connectivity index (χ1n) is 8.29. The molecule has 0 aliphatic carbocycles. The van der Waals surface area contributed by atoms with Gasteiger partial charge in [-0.15, -0.1) is 13.2 Å². The monoisotopic (exact) mass is 368 g/mol. The second-order valence-electron chi connectivity index (χ2n) is 6.64. The van der Waals surface area contributed by atoms with Crippen molar-refractivity contribution in [1.82, 2.24) is 9.80 Å². The number of ether oxygens (including phenoxy) is 1. The second kappa shape index (κ2) is 7.01. The number of alkyl halides is 3. The Labute approximate surface area is 149 Å². The van der Waals surface area contributed by atoms with Crippen LogP contribution in [0.25, 0.3) is 0 Å². The first-order valence-corrected chi connectivity index (χ1v) is 8.29. The van der Waals surface area contributed by atoms with E-state index in [0.29, 0.717) is 31.7 Å². The van der Waals surface area contributed by atoms with Gasteiger partial charge in [-0.25, -0.2) is 0 Å². The predicted octanol–water partition coefficient (Wildman–Crippen LogP) is 2.23. The van der Waals surface area contributed by atoms with E-state index in [4.69, 9.17) is 0 Å². The third-order valence-corrected chi connectivity index (χ3v) is 4.81. The molecule has 1 aromatic carbocycles. The molecule has 0 spiro atoms. The van der Waals surface area contributed by atoms with Gasteiger partial charge in [0, 0.05) is 38.0 Å². The molecule has 8 heteroatoms. The van der Waals surface area contributed by atoms with Gasteiger partial charge in [0.2, 0.25) is 11.8 Å². The van der Waals surface area contributed by atoms with Crippen LogP contribution in [-0.4, -0.2) is 54.2 Å². The molecular weight excluding hydrogens is 349 g/mol. The van der Waals surface area contributed by atoms with Crippen LogP contribution in [0.15, 0.2) is 36.9 Å². The van der Waals surface area contributed by atoms with E-state index in [-0.39, 0.29) is 35.8 Å². The largest absolute Gasteiger partial charge is 0.573 e. The topological polar surface area (TPSA) is 49.9 Å². The van der Waals surface area contributed by atoms with E-state index in [1.807, 2.05) is 0 Å². The summed E-state index contributed by atoms with van der Waals surface area (Å²) < 4.78 is 40.8. The van der Waals surface area contributed by atoms with E-state index >= 15 is 0 Å². The molecule has 2 fully saturated rings. The van der Waals surface area contributed by atoms with Gasteiger partial charge >= 0.3 is 6.36 Å². The van der Waals surface area contributed by atoms with Crippen molar-refractivity contribution in [3.8, 4) is 5.75 Å². The Balaban J connectivity index is 1.57. The summed E-state index contributed by atoms with van der Waals surface area (Å²) in [6.07, 6.45) is -3.45. The summed E-state index contributed by atoms with van der Waals surface area (Å²) in [6, 6.07) is 5.46. The average molecular weight is 368 g/mol. The second-order valence-corrected chi connectivity index (χ2v) is 6.64. The van der Waals surface area contributed by atoms with E-state index in [2.05, 4.69) is 11.3 Å². The maximum atomic E-state index is 12.5. The molecule has 0 bridgehead atoms. The first-order chi connectivity index (χ1) is 12.2. The summed E-state index contributed by atoms with van der Waals surface area (Å²) in [5.74, 6) is -0.0888. The maximum Gasteiger partial charge on any atom is 0.573 e. The van der Waals surface area contributed by atoms with E-state index in [1.165, 1.54) is 24.3 Å². The Morgan fingerprint density at radius 2 is 1.77 bits per heavy atom. The number of amides is 2. The standard InChI is InChI=1S/C18H19F3N2O3/c1-2-16(24)22-8-13-10-23(11-14(13)9-22)17(25)7-12-4-3-5-15(6-12)26-18(19,20)21/h2-6,13-14H,1,7-11H2. The molecule has 0 N–H and O–H groups in total. The van der Waals surface area contributed by atoms with Gasteiger partial charge in [0.15, 0.2) is 0 Å². The maximum absolute atomic E-state index is 12.5. The number of carbonyl (C=O) groups excluding carboxylic acids is 2. The van der Waals surface area contributed by atoms with Gasteiger partial charge in [-0.3, -0.25) is 9.59 Å². The van der Waals surface area contributed by atoms with Gasteiger partial charge in [-0.05, 0) is 23.8 Å². The molecule has 0 saturated carbocycles. The van der Waals surface area contributed by atoms with E-state index < -0.39 is 6.36 Å². The lowest BCUT2D eigenvalue weighted by molar-refractivity contribution is -0.274. The Kier molecular flexibility index (Phi) is 4.93. The summed E-state index contributed by atoms with van der Waals surface area (Å²) >= 11 is 0. The highest BCUT2D eigenvalue weighted by Gasteiger charge is 2.42. The summed E-state index contributed by atoms with van der Waals surface area (Å²) in [5.41, 5.74) is 0.470. The van der Waals surface area contributed by atoms with Crippen molar-refractivity contribution in [3.05, 3.63) is 42.5 Å². The molecule has 140 valence electrons. The van der Waals surface area contributed by atoms with Gasteiger partial charge in [0.1, 0.15) is 5.75 Å². The van der Waals surface area contributed by atoms with Crippen molar-refractivity contribution >= 4 is 11.8 Å². The highest BCUT2D eigenvalue weighted by Crippen LogP contribution is 2.31. The van der Waals surface area contributed by atoms with Crippen LogP contribution >= 0.6 is 0 Å². The van der Waals surface area contributed by atoms with Crippen LogP contribution in [0, 0.1) is 11.8 Å². The number of benzene rings is 1. The number of hydrogen-bond acceptors (Lipinski definition) is 3. The number of rotatable bonds is 4. The molecule has 2 aliphatic rings. The smallest absolute Gasteiger partial charge is 0.406 e. The fourth-order valence-corrected chi connectivity index (χ4v) is 3.64. The van der Waals surface area contributed by atoms with Gasteiger partial charge in [0.25, 0.3) is 0 Å². The molecule has 2 unspecified atom stereocenters. The Hall–Kier alpha value is -2.51. The van der Waals surface area contributed by atoms with E-state index in [1.54, 1.807) is 15.9 Å². The zero-order chi connectivity index (χ0) is 18.9. The van der Waals surface area contributed by atoms with Crippen LogP contribution in [0.3, 0.4) is 0 Å². The summed E-state index contributed by atoms with van der Waals surface area (Å²) in [7, 11) is 0. The lowest BCUT2D eigenvalue weighted by Gasteiger charge is -2.21. The quantitative estimate of drug-likeness (QED) is 0.766. The fraction of sp³-hybridized carbons (Fsp3) is 0.444. The molecule has 3 rings (SSSR count). The van der Waals surface area contributed by atoms with Crippen LogP contribution in [0.5, 0.6) is 5.75 Å². The minimum Gasteiger partial charge on any atom is -0.406 e. The Bertz CT molecular complexity index is 706. The molecule has 26 heavy (non-hydrogen) atoms. The highest BCUT2D eigenvalue weighted by molar-refractivity contribution is 5.87. The van der Waals surface area contributed by atoms with Crippen molar-refractivity contribution in [3.63, 3.8) is 0 Å². The van der Waals surface area contributed by atoms with Crippen LogP contribution in [0.4, 0.5) is 13.2 Å². The first kappa shape index (κ1) is 18.3. The summed E-state index contributed by atoms with van der Waals surface area (Å²) in [5, 5.41) is 0. The average Bonchev–Trinajstić information content (AvgIpc) is 3.11. The molecule has 0 radical (unpaired) electrons. The normalized spacial score (nSPS) is 22.3. The number of nitrogens with zero attached hydrogens (tertiary/aromatic N) is 2. The number of halogens is 3. The van der Waals surface area contributed by atoms with Crippen LogP contribution < -0.4 is 4.74 Å². The molecule has 2 atom stereocenters. The number of hydrogen-bond donors (Lipinski definition) is 0. The zero-order valence-electron chi connectivity index (χ0n) is 14.0. The molecule has 2 aliphatic heterocycles. The SMILES string of the molecule is C=CC(=O)N1CC2CN(C(=O)Cc3cccc(OC(F)(F)F)c3)CC2C1.